The first-order valence-corrected chi connectivity index (χ1v) is 11.6. The van der Waals surface area contributed by atoms with Crippen LogP contribution in [-0.2, 0) is 4.57 Å². The summed E-state index contributed by atoms with van der Waals surface area (Å²) in [5.41, 5.74) is -0.835. The average Bonchev–Trinajstić information content (AvgIpc) is 3.33. The van der Waals surface area contributed by atoms with Gasteiger partial charge >= 0.3 is 13.2 Å². The summed E-state index contributed by atoms with van der Waals surface area (Å²) in [4.78, 5) is 28.2. The summed E-state index contributed by atoms with van der Waals surface area (Å²) in [6.45, 7) is 0. The minimum atomic E-state index is -4.40. The topological polar surface area (TPSA) is 129 Å². The monoisotopic (exact) mass is 412 g/mol. The Hall–Kier alpha value is -1.60. The lowest BCUT2D eigenvalue weighted by molar-refractivity contribution is 0.291. The van der Waals surface area contributed by atoms with E-state index in [-0.39, 0.29) is 11.5 Å². The average molecular weight is 412 g/mol. The molecule has 8 nitrogen and oxygen atoms in total. The molecule has 2 aliphatic carbocycles. The van der Waals surface area contributed by atoms with Crippen molar-refractivity contribution in [2.45, 2.75) is 76.3 Å². The van der Waals surface area contributed by atoms with E-state index in [1.165, 1.54) is 70.3 Å². The van der Waals surface area contributed by atoms with Gasteiger partial charge in [0.15, 0.2) is 5.76 Å². The van der Waals surface area contributed by atoms with Crippen molar-refractivity contribution in [2.24, 2.45) is 0 Å². The number of hydrogen-bond donors (Lipinski definition) is 4. The molecular weight excluding hydrogens is 383 g/mol. The van der Waals surface area contributed by atoms with Gasteiger partial charge in [0, 0.05) is 12.1 Å². The fraction of sp³-hybridized carbons (Fsp3) is 0.632. The van der Waals surface area contributed by atoms with E-state index < -0.39 is 18.7 Å². The van der Waals surface area contributed by atoms with Crippen LogP contribution in [0.1, 0.15) is 64.2 Å². The zero-order valence-corrected chi connectivity index (χ0v) is 16.8. The predicted octanol–water partition coefficient (Wildman–Crippen LogP) is 3.27. The Morgan fingerprint density at radius 3 is 1.96 bits per heavy atom. The first-order chi connectivity index (χ1) is 13.4. The fourth-order valence-corrected chi connectivity index (χ4v) is 4.39. The highest BCUT2D eigenvalue weighted by molar-refractivity contribution is 7.59. The van der Waals surface area contributed by atoms with E-state index in [0.717, 1.165) is 24.2 Å². The van der Waals surface area contributed by atoms with Gasteiger partial charge in [0.05, 0.1) is 6.07 Å². The summed E-state index contributed by atoms with van der Waals surface area (Å²) in [6.07, 6.45) is 14.6. The molecular formula is C19H29N2O6P. The van der Waals surface area contributed by atoms with Crippen molar-refractivity contribution in [3.05, 3.63) is 28.6 Å². The third-order valence-corrected chi connectivity index (χ3v) is 6.16. The molecule has 0 spiro atoms. The number of nitrogens with one attached hydrogen (secondary N) is 2. The molecule has 0 atom stereocenters. The van der Waals surface area contributed by atoms with Crippen LogP contribution >= 0.6 is 7.60 Å². The Kier molecular flexibility index (Phi) is 7.35. The molecule has 4 rings (SSSR count). The first kappa shape index (κ1) is 21.1. The van der Waals surface area contributed by atoms with Crippen molar-refractivity contribution in [1.82, 2.24) is 10.5 Å². The summed E-state index contributed by atoms with van der Waals surface area (Å²) in [5, 5.41) is 6.11. The molecule has 0 bridgehead atoms. The van der Waals surface area contributed by atoms with Crippen molar-refractivity contribution in [3.8, 4) is 11.5 Å². The molecule has 9 heteroatoms. The highest BCUT2D eigenvalue weighted by atomic mass is 31.2. The highest BCUT2D eigenvalue weighted by Gasteiger charge is 2.23. The second-order valence-electron chi connectivity index (χ2n) is 7.60. The summed E-state index contributed by atoms with van der Waals surface area (Å²) in [5.74, 6) is 0.124. The largest absolute Gasteiger partial charge is 0.446 e. The number of rotatable bonds is 4. The molecule has 2 aliphatic rings. The van der Waals surface area contributed by atoms with Gasteiger partial charge in [-0.2, -0.15) is 0 Å². The maximum Gasteiger partial charge on any atom is 0.391 e. The Bertz CT molecular complexity index is 807. The van der Waals surface area contributed by atoms with E-state index in [2.05, 4.69) is 15.0 Å². The number of aromatic nitrogens is 1. The standard InChI is InChI=1S/C12H23N.C7H6NO6P/c1-3-7-11(8-4-1)13-12-9-5-2-6-10-12;9-6-3-4(8-14-6)5-1-2-7(13-5)15(10,11)12/h11-13H,1-10H2;1-3,8H,(H2,10,11,12). The van der Waals surface area contributed by atoms with Gasteiger partial charge in [-0.15, -0.1) is 0 Å². The number of hydrogen-bond acceptors (Lipinski definition) is 5. The highest BCUT2D eigenvalue weighted by Crippen LogP contribution is 2.35. The number of furan rings is 1. The predicted molar refractivity (Wildman–Crippen MR) is 106 cm³/mol. The lowest BCUT2D eigenvalue weighted by Gasteiger charge is -2.30. The molecule has 2 aromatic heterocycles. The van der Waals surface area contributed by atoms with Crippen molar-refractivity contribution in [3.63, 3.8) is 0 Å². The Labute approximate surface area is 163 Å². The van der Waals surface area contributed by atoms with Gasteiger partial charge in [0.2, 0.25) is 5.50 Å². The van der Waals surface area contributed by atoms with Gasteiger partial charge in [0.25, 0.3) is 0 Å². The van der Waals surface area contributed by atoms with Crippen LogP contribution in [0, 0.1) is 0 Å². The van der Waals surface area contributed by atoms with E-state index in [0.29, 0.717) is 0 Å². The molecule has 0 aromatic carbocycles. The van der Waals surface area contributed by atoms with E-state index >= 15 is 0 Å². The van der Waals surface area contributed by atoms with Gasteiger partial charge < -0.3 is 24.0 Å². The first-order valence-electron chi connectivity index (χ1n) is 10.0. The lowest BCUT2D eigenvalue weighted by atomic mass is 9.91. The Morgan fingerprint density at radius 2 is 1.54 bits per heavy atom. The maximum absolute atomic E-state index is 10.8. The second kappa shape index (κ2) is 9.74. The van der Waals surface area contributed by atoms with Gasteiger partial charge in [-0.3, -0.25) is 4.57 Å². The van der Waals surface area contributed by atoms with Crippen molar-refractivity contribution < 1.29 is 23.3 Å². The molecule has 0 amide bonds. The van der Waals surface area contributed by atoms with Gasteiger partial charge in [-0.05, 0) is 37.8 Å². The molecule has 2 heterocycles. The minimum absolute atomic E-state index is 0.124. The summed E-state index contributed by atoms with van der Waals surface area (Å²) in [7, 11) is -4.40. The zero-order valence-electron chi connectivity index (χ0n) is 15.9. The summed E-state index contributed by atoms with van der Waals surface area (Å²) in [6, 6.07) is 5.33. The minimum Gasteiger partial charge on any atom is -0.446 e. The van der Waals surface area contributed by atoms with Crippen LogP contribution in [0.3, 0.4) is 0 Å². The molecule has 4 N–H and O–H groups in total. The number of aromatic amines is 1. The van der Waals surface area contributed by atoms with Crippen LogP contribution in [0.15, 0.2) is 31.9 Å². The van der Waals surface area contributed by atoms with Gasteiger partial charge in [-0.25, -0.2) is 9.95 Å². The third kappa shape index (κ3) is 6.21. The molecule has 156 valence electrons. The number of H-pyrrole nitrogens is 1. The van der Waals surface area contributed by atoms with Crippen molar-refractivity contribution >= 4 is 13.1 Å². The van der Waals surface area contributed by atoms with E-state index in [1.807, 2.05) is 0 Å². The van der Waals surface area contributed by atoms with Crippen LogP contribution in [-0.4, -0.2) is 27.0 Å². The summed E-state index contributed by atoms with van der Waals surface area (Å²) < 4.78 is 20.0. The smallest absolute Gasteiger partial charge is 0.391 e. The molecule has 0 radical (unpaired) electrons. The molecule has 2 fully saturated rings. The van der Waals surface area contributed by atoms with E-state index in [9.17, 15) is 9.36 Å². The third-order valence-electron chi connectivity index (χ3n) is 5.35. The van der Waals surface area contributed by atoms with E-state index in [1.54, 1.807) is 0 Å². The molecule has 0 aliphatic heterocycles. The molecule has 2 aromatic rings. The van der Waals surface area contributed by atoms with Crippen molar-refractivity contribution in [2.75, 3.05) is 0 Å². The zero-order chi connectivity index (χ0) is 20.0. The SMILES string of the molecule is C1CCC(NC2CCCCC2)CC1.O=c1cc(-c2ccc(P(=O)(O)O)o2)[nH]o1. The lowest BCUT2D eigenvalue weighted by Crippen LogP contribution is -2.40. The molecule has 28 heavy (non-hydrogen) atoms. The van der Waals surface area contributed by atoms with Crippen LogP contribution in [0.4, 0.5) is 0 Å². The second-order valence-corrected chi connectivity index (χ2v) is 9.13. The van der Waals surface area contributed by atoms with Crippen molar-refractivity contribution in [1.29, 1.82) is 0 Å². The molecule has 0 saturated heterocycles. The van der Waals surface area contributed by atoms with Crippen LogP contribution in [0.5, 0.6) is 0 Å². The van der Waals surface area contributed by atoms with Crippen LogP contribution in [0.25, 0.3) is 11.5 Å². The quantitative estimate of drug-likeness (QED) is 0.567. The van der Waals surface area contributed by atoms with Crippen LogP contribution in [0.2, 0.25) is 0 Å². The van der Waals surface area contributed by atoms with E-state index in [4.69, 9.17) is 14.2 Å². The Morgan fingerprint density at radius 1 is 0.964 bits per heavy atom. The maximum atomic E-state index is 10.8. The normalized spacial score (nSPS) is 19.2. The van der Waals surface area contributed by atoms with Gasteiger partial charge in [-0.1, -0.05) is 38.5 Å². The summed E-state index contributed by atoms with van der Waals surface area (Å²) >= 11 is 0. The van der Waals surface area contributed by atoms with Gasteiger partial charge in [0.1, 0.15) is 5.69 Å². The fourth-order valence-electron chi connectivity index (χ4n) is 3.90. The Balaban J connectivity index is 0.000000162. The molecule has 0 unspecified atom stereocenters. The molecule has 2 saturated carbocycles. The van der Waals surface area contributed by atoms with Crippen LogP contribution < -0.4 is 16.4 Å².